The summed E-state index contributed by atoms with van der Waals surface area (Å²) in [4.78, 5) is 28.2. The normalized spacial score (nSPS) is 14.4. The van der Waals surface area contributed by atoms with E-state index in [1.54, 1.807) is 11.8 Å². The number of nitrogens with one attached hydrogen (secondary N) is 1. The molecule has 6 nitrogen and oxygen atoms in total. The highest BCUT2D eigenvalue weighted by molar-refractivity contribution is 7.80. The van der Waals surface area contributed by atoms with Crippen molar-refractivity contribution in [1.29, 1.82) is 0 Å². The highest BCUT2D eigenvalue weighted by atomic mass is 35.5. The van der Waals surface area contributed by atoms with Gasteiger partial charge in [0.2, 0.25) is 0 Å². The molecule has 0 bridgehead atoms. The molecule has 1 fully saturated rings. The highest BCUT2D eigenvalue weighted by Crippen LogP contribution is 2.34. The van der Waals surface area contributed by atoms with Crippen LogP contribution in [-0.4, -0.2) is 59.7 Å². The highest BCUT2D eigenvalue weighted by Gasteiger charge is 2.25. The van der Waals surface area contributed by atoms with E-state index in [0.29, 0.717) is 47.8 Å². The van der Waals surface area contributed by atoms with Crippen LogP contribution in [-0.2, 0) is 4.74 Å². The molecule has 0 radical (unpaired) electrons. The average Bonchev–Trinajstić information content (AvgIpc) is 2.99. The Hall–Kier alpha value is -1.90. The Morgan fingerprint density at radius 2 is 1.88 bits per heavy atom. The first-order valence-electron chi connectivity index (χ1n) is 8.20. The molecular weight excluding hydrogens is 394 g/mol. The number of nitrogens with zero attached hydrogens (tertiary/aromatic N) is 2. The zero-order chi connectivity index (χ0) is 18.7. The van der Waals surface area contributed by atoms with Crippen LogP contribution in [0.1, 0.15) is 16.6 Å². The molecule has 1 aliphatic rings. The van der Waals surface area contributed by atoms with Crippen molar-refractivity contribution in [1.82, 2.24) is 15.1 Å². The largest absolute Gasteiger partial charge is 0.450 e. The van der Waals surface area contributed by atoms with E-state index >= 15 is 0 Å². The molecule has 2 amide bonds. The van der Waals surface area contributed by atoms with Gasteiger partial charge in [-0.15, -0.1) is 11.3 Å². The summed E-state index contributed by atoms with van der Waals surface area (Å²) in [6.07, 6.45) is -0.320. The third-order valence-corrected chi connectivity index (χ3v) is 6.09. The van der Waals surface area contributed by atoms with E-state index in [9.17, 15) is 9.59 Å². The van der Waals surface area contributed by atoms with Gasteiger partial charge in [-0.3, -0.25) is 10.1 Å². The van der Waals surface area contributed by atoms with Crippen molar-refractivity contribution in [3.63, 3.8) is 0 Å². The molecule has 0 aliphatic carbocycles. The lowest BCUT2D eigenvalue weighted by Gasteiger charge is -2.35. The second-order valence-corrected chi connectivity index (χ2v) is 7.49. The fourth-order valence-electron chi connectivity index (χ4n) is 2.70. The van der Waals surface area contributed by atoms with Crippen molar-refractivity contribution < 1.29 is 14.3 Å². The second-order valence-electron chi connectivity index (χ2n) is 5.67. The topological polar surface area (TPSA) is 61.9 Å². The van der Waals surface area contributed by atoms with Gasteiger partial charge in [0.1, 0.15) is 4.88 Å². The molecule has 1 aliphatic heterocycles. The van der Waals surface area contributed by atoms with E-state index in [1.807, 2.05) is 29.2 Å². The molecule has 0 saturated carbocycles. The maximum atomic E-state index is 12.6. The molecule has 3 rings (SSSR count). The van der Waals surface area contributed by atoms with E-state index in [4.69, 9.17) is 28.6 Å². The Morgan fingerprint density at radius 1 is 1.23 bits per heavy atom. The molecule has 26 heavy (non-hydrogen) atoms. The Bertz CT molecular complexity index is 847. The van der Waals surface area contributed by atoms with E-state index < -0.39 is 0 Å². The fraction of sp³-hybridized carbons (Fsp3) is 0.353. The summed E-state index contributed by atoms with van der Waals surface area (Å²) in [5.41, 5.74) is 0. The Labute approximate surface area is 165 Å². The van der Waals surface area contributed by atoms with Crippen molar-refractivity contribution in [3.8, 4) is 0 Å². The van der Waals surface area contributed by atoms with E-state index in [1.165, 1.54) is 11.3 Å². The SMILES string of the molecule is CCOC(=O)N1CCN(C(=S)NC(=O)c2sc3ccccc3c2Cl)CC1. The van der Waals surface area contributed by atoms with Crippen LogP contribution in [0.2, 0.25) is 5.02 Å². The molecular formula is C17H18ClN3O3S2. The third-order valence-electron chi connectivity index (χ3n) is 4.05. The smallest absolute Gasteiger partial charge is 0.409 e. The fourth-order valence-corrected chi connectivity index (χ4v) is 4.39. The number of hydrogen-bond donors (Lipinski definition) is 1. The van der Waals surface area contributed by atoms with Crippen LogP contribution >= 0.6 is 35.2 Å². The number of carbonyl (C=O) groups is 2. The molecule has 1 N–H and O–H groups in total. The average molecular weight is 412 g/mol. The van der Waals surface area contributed by atoms with Crippen molar-refractivity contribution in [3.05, 3.63) is 34.2 Å². The molecule has 1 aromatic heterocycles. The summed E-state index contributed by atoms with van der Waals surface area (Å²) < 4.78 is 5.95. The number of carbonyl (C=O) groups excluding carboxylic acids is 2. The van der Waals surface area contributed by atoms with Gasteiger partial charge < -0.3 is 14.5 Å². The minimum atomic E-state index is -0.320. The number of thiophene rings is 1. The summed E-state index contributed by atoms with van der Waals surface area (Å²) in [7, 11) is 0. The molecule has 138 valence electrons. The molecule has 0 spiro atoms. The quantitative estimate of drug-likeness (QED) is 0.768. The first kappa shape index (κ1) is 18.9. The predicted octanol–water partition coefficient (Wildman–Crippen LogP) is 3.34. The zero-order valence-electron chi connectivity index (χ0n) is 14.2. The van der Waals surface area contributed by atoms with Crippen LogP contribution < -0.4 is 5.32 Å². The molecule has 2 heterocycles. The summed E-state index contributed by atoms with van der Waals surface area (Å²) in [5.74, 6) is -0.311. The van der Waals surface area contributed by atoms with Crippen molar-refractivity contribution in [2.75, 3.05) is 32.8 Å². The number of thiocarbonyl (C=S) groups is 1. The minimum absolute atomic E-state index is 0.311. The van der Waals surface area contributed by atoms with Gasteiger partial charge in [0.15, 0.2) is 5.11 Å². The Morgan fingerprint density at radius 3 is 2.54 bits per heavy atom. The minimum Gasteiger partial charge on any atom is -0.450 e. The van der Waals surface area contributed by atoms with Crippen molar-refractivity contribution in [2.45, 2.75) is 6.92 Å². The number of ether oxygens (including phenoxy) is 1. The molecule has 1 saturated heterocycles. The lowest BCUT2D eigenvalue weighted by Crippen LogP contribution is -2.53. The first-order valence-corrected chi connectivity index (χ1v) is 9.80. The summed E-state index contributed by atoms with van der Waals surface area (Å²) in [6, 6.07) is 7.61. The lowest BCUT2D eigenvalue weighted by atomic mass is 10.2. The van der Waals surface area contributed by atoms with Gasteiger partial charge in [0, 0.05) is 36.3 Å². The van der Waals surface area contributed by atoms with Crippen LogP contribution in [0.4, 0.5) is 4.79 Å². The molecule has 1 aromatic carbocycles. The number of halogens is 1. The number of rotatable bonds is 2. The van der Waals surface area contributed by atoms with Gasteiger partial charge in [-0.2, -0.15) is 0 Å². The van der Waals surface area contributed by atoms with Crippen LogP contribution in [0, 0.1) is 0 Å². The van der Waals surface area contributed by atoms with E-state index in [2.05, 4.69) is 5.32 Å². The molecule has 0 unspecified atom stereocenters. The van der Waals surface area contributed by atoms with Gasteiger partial charge in [0.05, 0.1) is 11.6 Å². The van der Waals surface area contributed by atoms with Crippen LogP contribution in [0.25, 0.3) is 10.1 Å². The summed E-state index contributed by atoms with van der Waals surface area (Å²) in [6.45, 7) is 4.20. The van der Waals surface area contributed by atoms with Crippen molar-refractivity contribution in [2.24, 2.45) is 0 Å². The Balaban J connectivity index is 1.60. The maximum absolute atomic E-state index is 12.6. The monoisotopic (exact) mass is 411 g/mol. The number of benzene rings is 1. The van der Waals surface area contributed by atoms with Crippen molar-refractivity contribution >= 4 is 62.4 Å². The molecule has 2 aromatic rings. The molecule has 0 atom stereocenters. The number of fused-ring (bicyclic) bond motifs is 1. The van der Waals surface area contributed by atoms with Gasteiger partial charge in [-0.05, 0) is 25.2 Å². The van der Waals surface area contributed by atoms with Gasteiger partial charge in [-0.1, -0.05) is 29.8 Å². The van der Waals surface area contributed by atoms with Gasteiger partial charge in [-0.25, -0.2) is 4.79 Å². The summed E-state index contributed by atoms with van der Waals surface area (Å²) in [5, 5.41) is 4.39. The van der Waals surface area contributed by atoms with Crippen LogP contribution in [0.3, 0.4) is 0 Å². The number of hydrogen-bond acceptors (Lipinski definition) is 5. The maximum Gasteiger partial charge on any atom is 0.409 e. The van der Waals surface area contributed by atoms with Crippen LogP contribution in [0.15, 0.2) is 24.3 Å². The predicted molar refractivity (Wildman–Crippen MR) is 107 cm³/mol. The second kappa shape index (κ2) is 8.20. The summed E-state index contributed by atoms with van der Waals surface area (Å²) >= 11 is 13.0. The van der Waals surface area contributed by atoms with E-state index in [0.717, 1.165) is 10.1 Å². The Kier molecular flexibility index (Phi) is 5.95. The molecule has 9 heteroatoms. The van der Waals surface area contributed by atoms with Gasteiger partial charge in [0.25, 0.3) is 5.91 Å². The van der Waals surface area contributed by atoms with E-state index in [-0.39, 0.29) is 12.0 Å². The standard InChI is InChI=1S/C17H18ClN3O3S2/c1-2-24-17(23)21-9-7-20(8-10-21)16(25)19-15(22)14-13(18)11-5-3-4-6-12(11)26-14/h3-6H,2,7-10H2,1H3,(H,19,22,25). The van der Waals surface area contributed by atoms with Gasteiger partial charge >= 0.3 is 6.09 Å². The lowest BCUT2D eigenvalue weighted by molar-refractivity contribution is 0.0898. The number of amides is 2. The zero-order valence-corrected chi connectivity index (χ0v) is 16.5. The van der Waals surface area contributed by atoms with Crippen LogP contribution in [0.5, 0.6) is 0 Å². The first-order chi connectivity index (χ1) is 12.5. The number of piperazine rings is 1. The third kappa shape index (κ3) is 3.92.